The van der Waals surface area contributed by atoms with Crippen LogP contribution in [-0.4, -0.2) is 12.2 Å². The highest BCUT2D eigenvalue weighted by Crippen LogP contribution is 2.36. The second-order valence-electron chi connectivity index (χ2n) is 3.63. The molecule has 3 heteroatoms. The van der Waals surface area contributed by atoms with Crippen molar-refractivity contribution in [3.05, 3.63) is 53.1 Å². The summed E-state index contributed by atoms with van der Waals surface area (Å²) >= 11 is 6.03. The average Bonchev–Trinajstić information content (AvgIpc) is 2.39. The van der Waals surface area contributed by atoms with Crippen molar-refractivity contribution >= 4 is 11.6 Å². The number of benzene rings is 2. The molecule has 0 aliphatic heterocycles. The van der Waals surface area contributed by atoms with Crippen LogP contribution in [0.2, 0.25) is 5.02 Å². The van der Waals surface area contributed by atoms with Crippen molar-refractivity contribution in [1.29, 1.82) is 0 Å². The topological polar surface area (TPSA) is 29.5 Å². The number of aliphatic hydroxyl groups excluding tert-OH is 1. The zero-order chi connectivity index (χ0) is 12.3. The van der Waals surface area contributed by atoms with E-state index in [1.165, 1.54) is 0 Å². The van der Waals surface area contributed by atoms with E-state index in [9.17, 15) is 5.11 Å². The molecule has 2 rings (SSSR count). The predicted octanol–water partition coefficient (Wildman–Crippen LogP) is 3.51. The van der Waals surface area contributed by atoms with Gasteiger partial charge in [-0.1, -0.05) is 41.9 Å². The summed E-state index contributed by atoms with van der Waals surface area (Å²) in [6.45, 7) is -0.136. The van der Waals surface area contributed by atoms with Crippen molar-refractivity contribution < 1.29 is 9.84 Å². The number of hydrogen-bond acceptors (Lipinski definition) is 2. The number of ether oxygens (including phenoxy) is 1. The fraction of sp³-hybridized carbons (Fsp3) is 0.143. The van der Waals surface area contributed by atoms with Gasteiger partial charge in [-0.05, 0) is 17.7 Å². The molecule has 1 N–H and O–H groups in total. The van der Waals surface area contributed by atoms with E-state index < -0.39 is 0 Å². The normalized spacial score (nSPS) is 10.3. The average molecular weight is 249 g/mol. The fourth-order valence-corrected chi connectivity index (χ4v) is 2.04. The van der Waals surface area contributed by atoms with Crippen LogP contribution in [0.25, 0.3) is 11.1 Å². The first kappa shape index (κ1) is 12.0. The van der Waals surface area contributed by atoms with Crippen LogP contribution >= 0.6 is 11.6 Å². The first-order chi connectivity index (χ1) is 8.27. The van der Waals surface area contributed by atoms with E-state index in [1.807, 2.05) is 36.4 Å². The monoisotopic (exact) mass is 248 g/mol. The molecule has 0 bridgehead atoms. The molecule has 0 amide bonds. The molecule has 17 heavy (non-hydrogen) atoms. The van der Waals surface area contributed by atoms with Gasteiger partial charge in [0.25, 0.3) is 0 Å². The largest absolute Gasteiger partial charge is 0.496 e. The van der Waals surface area contributed by atoms with E-state index in [2.05, 4.69) is 0 Å². The summed E-state index contributed by atoms with van der Waals surface area (Å²) in [4.78, 5) is 0. The number of aliphatic hydroxyl groups is 1. The zero-order valence-electron chi connectivity index (χ0n) is 9.48. The van der Waals surface area contributed by atoms with Crippen molar-refractivity contribution in [2.24, 2.45) is 0 Å². The highest BCUT2D eigenvalue weighted by molar-refractivity contribution is 6.31. The maximum absolute atomic E-state index is 9.34. The number of halogens is 1. The van der Waals surface area contributed by atoms with Gasteiger partial charge in [0.15, 0.2) is 0 Å². The van der Waals surface area contributed by atoms with Crippen LogP contribution in [-0.2, 0) is 6.61 Å². The molecule has 2 aromatic rings. The Morgan fingerprint density at radius 2 is 1.82 bits per heavy atom. The molecule has 0 saturated carbocycles. The molecule has 0 heterocycles. The van der Waals surface area contributed by atoms with Crippen molar-refractivity contribution in [2.45, 2.75) is 6.61 Å². The van der Waals surface area contributed by atoms with Crippen LogP contribution < -0.4 is 4.74 Å². The molecule has 0 radical (unpaired) electrons. The number of rotatable bonds is 3. The Hall–Kier alpha value is -1.51. The van der Waals surface area contributed by atoms with Gasteiger partial charge in [0.2, 0.25) is 0 Å². The summed E-state index contributed by atoms with van der Waals surface area (Å²) in [5.41, 5.74) is 2.59. The molecule has 0 spiro atoms. The summed E-state index contributed by atoms with van der Waals surface area (Å²) in [5, 5.41) is 9.85. The van der Waals surface area contributed by atoms with Gasteiger partial charge in [0.05, 0.1) is 13.7 Å². The maximum atomic E-state index is 9.34. The molecule has 2 aromatic carbocycles. The lowest BCUT2D eigenvalue weighted by Crippen LogP contribution is -1.96. The van der Waals surface area contributed by atoms with Gasteiger partial charge >= 0.3 is 0 Å². The third-order valence-electron chi connectivity index (χ3n) is 2.65. The van der Waals surface area contributed by atoms with E-state index in [1.54, 1.807) is 13.2 Å². The Bertz CT molecular complexity index is 509. The summed E-state index contributed by atoms with van der Waals surface area (Å²) in [7, 11) is 1.58. The molecule has 0 fully saturated rings. The smallest absolute Gasteiger partial charge is 0.133 e. The maximum Gasteiger partial charge on any atom is 0.133 e. The second-order valence-corrected chi connectivity index (χ2v) is 4.04. The van der Waals surface area contributed by atoms with Gasteiger partial charge in [0.1, 0.15) is 5.75 Å². The van der Waals surface area contributed by atoms with Crippen molar-refractivity contribution in [3.63, 3.8) is 0 Å². The molecule has 88 valence electrons. The minimum absolute atomic E-state index is 0.136. The van der Waals surface area contributed by atoms with Gasteiger partial charge in [-0.15, -0.1) is 0 Å². The predicted molar refractivity (Wildman–Crippen MR) is 69.4 cm³/mol. The standard InChI is InChI=1S/C14H13ClO2/c1-17-14-11(10-5-3-2-4-6-10)7-8-13(15)12(14)9-16/h2-8,16H,9H2,1H3. The van der Waals surface area contributed by atoms with Crippen LogP contribution in [0.15, 0.2) is 42.5 Å². The number of methoxy groups -OCH3 is 1. The lowest BCUT2D eigenvalue weighted by atomic mass is 10.0. The first-order valence-electron chi connectivity index (χ1n) is 5.29. The second kappa shape index (κ2) is 5.21. The Labute approximate surface area is 105 Å². The van der Waals surface area contributed by atoms with E-state index >= 15 is 0 Å². The van der Waals surface area contributed by atoms with Crippen LogP contribution in [0.5, 0.6) is 5.75 Å². The van der Waals surface area contributed by atoms with E-state index in [0.717, 1.165) is 11.1 Å². The third kappa shape index (κ3) is 2.28. The molecular formula is C14H13ClO2. The van der Waals surface area contributed by atoms with Crippen LogP contribution in [0, 0.1) is 0 Å². The van der Waals surface area contributed by atoms with Crippen molar-refractivity contribution in [1.82, 2.24) is 0 Å². The highest BCUT2D eigenvalue weighted by Gasteiger charge is 2.13. The lowest BCUT2D eigenvalue weighted by molar-refractivity contribution is 0.274. The molecule has 0 unspecified atom stereocenters. The molecule has 2 nitrogen and oxygen atoms in total. The van der Waals surface area contributed by atoms with Crippen LogP contribution in [0.3, 0.4) is 0 Å². The Balaban J connectivity index is 2.63. The summed E-state index contributed by atoms with van der Waals surface area (Å²) < 4.78 is 5.36. The van der Waals surface area contributed by atoms with Crippen LogP contribution in [0.1, 0.15) is 5.56 Å². The molecular weight excluding hydrogens is 236 g/mol. The zero-order valence-corrected chi connectivity index (χ0v) is 10.2. The van der Waals surface area contributed by atoms with Gasteiger partial charge in [-0.25, -0.2) is 0 Å². The number of hydrogen-bond donors (Lipinski definition) is 1. The van der Waals surface area contributed by atoms with Crippen LogP contribution in [0.4, 0.5) is 0 Å². The highest BCUT2D eigenvalue weighted by atomic mass is 35.5. The van der Waals surface area contributed by atoms with Gasteiger partial charge in [0, 0.05) is 16.1 Å². The van der Waals surface area contributed by atoms with E-state index in [4.69, 9.17) is 16.3 Å². The van der Waals surface area contributed by atoms with E-state index in [0.29, 0.717) is 16.3 Å². The van der Waals surface area contributed by atoms with Crippen molar-refractivity contribution in [2.75, 3.05) is 7.11 Å². The minimum atomic E-state index is -0.136. The van der Waals surface area contributed by atoms with E-state index in [-0.39, 0.29) is 6.61 Å². The molecule has 0 atom stereocenters. The Morgan fingerprint density at radius 3 is 2.41 bits per heavy atom. The van der Waals surface area contributed by atoms with Gasteiger partial charge in [-0.2, -0.15) is 0 Å². The third-order valence-corrected chi connectivity index (χ3v) is 3.00. The van der Waals surface area contributed by atoms with Gasteiger partial charge < -0.3 is 9.84 Å². The molecule has 0 saturated heterocycles. The fourth-order valence-electron chi connectivity index (χ4n) is 1.83. The van der Waals surface area contributed by atoms with Crippen molar-refractivity contribution in [3.8, 4) is 16.9 Å². The SMILES string of the molecule is COc1c(-c2ccccc2)ccc(Cl)c1CO. The lowest BCUT2D eigenvalue weighted by Gasteiger charge is -2.13. The first-order valence-corrected chi connectivity index (χ1v) is 5.67. The molecule has 0 aromatic heterocycles. The van der Waals surface area contributed by atoms with Gasteiger partial charge in [-0.3, -0.25) is 0 Å². The Morgan fingerprint density at radius 1 is 1.12 bits per heavy atom. The summed E-state index contributed by atoms with van der Waals surface area (Å²) in [6, 6.07) is 13.5. The summed E-state index contributed by atoms with van der Waals surface area (Å²) in [5.74, 6) is 0.631. The molecule has 0 aliphatic carbocycles. The minimum Gasteiger partial charge on any atom is -0.496 e. The summed E-state index contributed by atoms with van der Waals surface area (Å²) in [6.07, 6.45) is 0. The molecule has 0 aliphatic rings. The Kier molecular flexibility index (Phi) is 3.67. The quantitative estimate of drug-likeness (QED) is 0.901.